The summed E-state index contributed by atoms with van der Waals surface area (Å²) in [6, 6.07) is 7.85. The minimum absolute atomic E-state index is 0.321. The highest BCUT2D eigenvalue weighted by atomic mass is 32.2. The zero-order valence-electron chi connectivity index (χ0n) is 17.8. The van der Waals surface area contributed by atoms with Crippen molar-refractivity contribution in [3.63, 3.8) is 0 Å². The van der Waals surface area contributed by atoms with E-state index in [1.165, 1.54) is 18.2 Å². The van der Waals surface area contributed by atoms with Gasteiger partial charge in [0, 0.05) is 36.3 Å². The maximum atomic E-state index is 13.9. The number of nitrogens with zero attached hydrogens (tertiary/aromatic N) is 2. The van der Waals surface area contributed by atoms with E-state index in [9.17, 15) is 17.6 Å². The summed E-state index contributed by atoms with van der Waals surface area (Å²) in [5.41, 5.74) is 1.89. The average Bonchev–Trinajstić information content (AvgIpc) is 3.24. The molecule has 0 saturated heterocycles. The maximum absolute atomic E-state index is 13.9. The molecule has 0 aliphatic heterocycles. The predicted octanol–water partition coefficient (Wildman–Crippen LogP) is 3.40. The minimum Gasteiger partial charge on any atom is -0.355 e. The van der Waals surface area contributed by atoms with Gasteiger partial charge >= 0.3 is 0 Å². The van der Waals surface area contributed by atoms with Crippen LogP contribution in [0, 0.1) is 11.7 Å². The molecule has 32 heavy (non-hydrogen) atoms. The van der Waals surface area contributed by atoms with Gasteiger partial charge in [0.25, 0.3) is 0 Å². The highest BCUT2D eigenvalue weighted by Gasteiger charge is 2.29. The standard InChI is InChI=1S/C22H25FN4O3S2/c1-15(2)21(27-32(29,30)19-7-4-3-6-17(19)23)22(28)25-11-5-8-20-26-18(14-31-20)16-9-12-24-13-10-16/h3-4,6-7,9-10,12-15,21,27H,5,8,11H2,1-2H3,(H,25,28)/t21-/m0/s1. The number of carbonyl (C=O) groups is 1. The van der Waals surface area contributed by atoms with Crippen LogP contribution in [-0.2, 0) is 21.2 Å². The zero-order chi connectivity index (χ0) is 23.1. The molecular weight excluding hydrogens is 451 g/mol. The Hall–Kier alpha value is -2.69. The number of sulfonamides is 1. The van der Waals surface area contributed by atoms with Crippen molar-refractivity contribution in [1.29, 1.82) is 0 Å². The van der Waals surface area contributed by atoms with Gasteiger partial charge < -0.3 is 5.32 Å². The average molecular weight is 477 g/mol. The molecule has 0 spiro atoms. The first-order valence-corrected chi connectivity index (χ1v) is 12.5. The number of benzene rings is 1. The molecule has 0 saturated carbocycles. The molecule has 2 heterocycles. The molecule has 0 aliphatic rings. The summed E-state index contributed by atoms with van der Waals surface area (Å²) >= 11 is 1.55. The molecule has 3 aromatic rings. The zero-order valence-corrected chi connectivity index (χ0v) is 19.4. The van der Waals surface area contributed by atoms with Crippen molar-refractivity contribution in [3.8, 4) is 11.3 Å². The molecule has 1 amide bonds. The number of carbonyl (C=O) groups excluding carboxylic acids is 1. The lowest BCUT2D eigenvalue weighted by Gasteiger charge is -2.21. The molecule has 0 aliphatic carbocycles. The Bertz CT molecular complexity index is 1150. The van der Waals surface area contributed by atoms with Gasteiger partial charge in [-0.25, -0.2) is 17.8 Å². The Kier molecular flexibility index (Phi) is 8.05. The van der Waals surface area contributed by atoms with Crippen LogP contribution in [0.2, 0.25) is 0 Å². The van der Waals surface area contributed by atoms with Crippen LogP contribution in [-0.4, -0.2) is 36.9 Å². The van der Waals surface area contributed by atoms with Crippen molar-refractivity contribution < 1.29 is 17.6 Å². The first-order chi connectivity index (χ1) is 15.3. The van der Waals surface area contributed by atoms with Crippen LogP contribution in [0.15, 0.2) is 59.1 Å². The molecule has 170 valence electrons. The molecule has 1 atom stereocenters. The Balaban J connectivity index is 1.53. The van der Waals surface area contributed by atoms with Gasteiger partial charge in [-0.2, -0.15) is 4.72 Å². The monoisotopic (exact) mass is 476 g/mol. The van der Waals surface area contributed by atoms with Gasteiger partial charge in [0.1, 0.15) is 16.8 Å². The van der Waals surface area contributed by atoms with Crippen LogP contribution in [0.4, 0.5) is 4.39 Å². The lowest BCUT2D eigenvalue weighted by Crippen LogP contribution is -2.49. The molecule has 0 bridgehead atoms. The first-order valence-electron chi connectivity index (χ1n) is 10.2. The fourth-order valence-electron chi connectivity index (χ4n) is 3.03. The van der Waals surface area contributed by atoms with Crippen LogP contribution < -0.4 is 10.0 Å². The van der Waals surface area contributed by atoms with Crippen LogP contribution in [0.1, 0.15) is 25.3 Å². The van der Waals surface area contributed by atoms with E-state index in [4.69, 9.17) is 0 Å². The summed E-state index contributed by atoms with van der Waals surface area (Å²) in [5.74, 6) is -1.63. The van der Waals surface area contributed by atoms with Gasteiger partial charge in [0.15, 0.2) is 0 Å². The Morgan fingerprint density at radius 1 is 1.16 bits per heavy atom. The number of hydrogen-bond acceptors (Lipinski definition) is 6. The molecule has 0 radical (unpaired) electrons. The fourth-order valence-corrected chi connectivity index (χ4v) is 5.30. The second kappa shape index (κ2) is 10.8. The van der Waals surface area contributed by atoms with Crippen LogP contribution in [0.25, 0.3) is 11.3 Å². The van der Waals surface area contributed by atoms with Gasteiger partial charge in [-0.3, -0.25) is 9.78 Å². The number of pyridine rings is 1. The van der Waals surface area contributed by atoms with E-state index >= 15 is 0 Å². The highest BCUT2D eigenvalue weighted by molar-refractivity contribution is 7.89. The van der Waals surface area contributed by atoms with Crippen molar-refractivity contribution in [2.45, 2.75) is 37.6 Å². The molecule has 7 nitrogen and oxygen atoms in total. The number of halogens is 1. The number of amides is 1. The van der Waals surface area contributed by atoms with E-state index in [2.05, 4.69) is 20.0 Å². The van der Waals surface area contributed by atoms with Crippen molar-refractivity contribution in [1.82, 2.24) is 20.0 Å². The van der Waals surface area contributed by atoms with E-state index in [1.54, 1.807) is 37.6 Å². The lowest BCUT2D eigenvalue weighted by atomic mass is 10.1. The third-order valence-corrected chi connectivity index (χ3v) is 7.13. The molecule has 0 fully saturated rings. The molecule has 10 heteroatoms. The SMILES string of the molecule is CC(C)[C@H](NS(=O)(=O)c1ccccc1F)C(=O)NCCCc1nc(-c2ccncc2)cs1. The lowest BCUT2D eigenvalue weighted by molar-refractivity contribution is -0.123. The number of rotatable bonds is 10. The first kappa shape index (κ1) is 24.0. The number of hydrogen-bond donors (Lipinski definition) is 2. The summed E-state index contributed by atoms with van der Waals surface area (Å²) in [7, 11) is -4.18. The second-order valence-electron chi connectivity index (χ2n) is 7.53. The number of aryl methyl sites for hydroxylation is 1. The molecule has 0 unspecified atom stereocenters. The van der Waals surface area contributed by atoms with Crippen LogP contribution in [0.5, 0.6) is 0 Å². The quantitative estimate of drug-likeness (QED) is 0.437. The van der Waals surface area contributed by atoms with Crippen molar-refractivity contribution in [2.24, 2.45) is 5.92 Å². The van der Waals surface area contributed by atoms with E-state index in [0.717, 1.165) is 22.3 Å². The Labute approximate surface area is 191 Å². The minimum atomic E-state index is -4.18. The third-order valence-electron chi connectivity index (χ3n) is 4.75. The smallest absolute Gasteiger partial charge is 0.244 e. The molecule has 3 rings (SSSR count). The molecule has 2 N–H and O–H groups in total. The summed E-state index contributed by atoms with van der Waals surface area (Å²) in [5, 5.41) is 5.70. The van der Waals surface area contributed by atoms with Crippen LogP contribution >= 0.6 is 11.3 Å². The Morgan fingerprint density at radius 3 is 2.56 bits per heavy atom. The topological polar surface area (TPSA) is 101 Å². The van der Waals surface area contributed by atoms with E-state index < -0.39 is 32.7 Å². The summed E-state index contributed by atoms with van der Waals surface area (Å²) in [6.45, 7) is 3.82. The van der Waals surface area contributed by atoms with Crippen molar-refractivity contribution in [2.75, 3.05) is 6.54 Å². The predicted molar refractivity (Wildman–Crippen MR) is 122 cm³/mol. The third kappa shape index (κ3) is 6.18. The number of aromatic nitrogens is 2. The van der Waals surface area contributed by atoms with Crippen molar-refractivity contribution in [3.05, 3.63) is 65.0 Å². The van der Waals surface area contributed by atoms with Gasteiger partial charge in [0.2, 0.25) is 15.9 Å². The van der Waals surface area contributed by atoms with E-state index in [0.29, 0.717) is 19.4 Å². The number of nitrogens with one attached hydrogen (secondary N) is 2. The normalized spacial score (nSPS) is 12.6. The van der Waals surface area contributed by atoms with E-state index in [-0.39, 0.29) is 5.92 Å². The maximum Gasteiger partial charge on any atom is 0.244 e. The van der Waals surface area contributed by atoms with Crippen molar-refractivity contribution >= 4 is 27.3 Å². The van der Waals surface area contributed by atoms with Gasteiger partial charge in [-0.05, 0) is 36.6 Å². The number of thiazole rings is 1. The second-order valence-corrected chi connectivity index (χ2v) is 10.2. The van der Waals surface area contributed by atoms with Crippen LogP contribution in [0.3, 0.4) is 0 Å². The van der Waals surface area contributed by atoms with Gasteiger partial charge in [-0.1, -0.05) is 26.0 Å². The summed E-state index contributed by atoms with van der Waals surface area (Å²) in [4.78, 5) is 20.7. The summed E-state index contributed by atoms with van der Waals surface area (Å²) in [6.07, 6.45) is 4.77. The molecule has 1 aromatic carbocycles. The summed E-state index contributed by atoms with van der Waals surface area (Å²) < 4.78 is 41.4. The Morgan fingerprint density at radius 2 is 1.88 bits per heavy atom. The van der Waals surface area contributed by atoms with Gasteiger partial charge in [0.05, 0.1) is 10.7 Å². The highest BCUT2D eigenvalue weighted by Crippen LogP contribution is 2.22. The van der Waals surface area contributed by atoms with E-state index in [1.807, 2.05) is 17.5 Å². The molecular formula is C22H25FN4O3S2. The fraction of sp³-hybridized carbons (Fsp3) is 0.318. The molecule has 2 aromatic heterocycles. The van der Waals surface area contributed by atoms with Gasteiger partial charge in [-0.15, -0.1) is 11.3 Å². The largest absolute Gasteiger partial charge is 0.355 e.